The lowest BCUT2D eigenvalue weighted by atomic mass is 10.2. The molecule has 0 atom stereocenters. The topological polar surface area (TPSA) is 97.4 Å². The van der Waals surface area contributed by atoms with Crippen molar-refractivity contribution in [3.8, 4) is 0 Å². The monoisotopic (exact) mass is 218 g/mol. The van der Waals surface area contributed by atoms with Crippen molar-refractivity contribution < 1.29 is 14.7 Å². The highest BCUT2D eigenvalue weighted by molar-refractivity contribution is 5.99. The van der Waals surface area contributed by atoms with Crippen LogP contribution >= 0.6 is 0 Å². The van der Waals surface area contributed by atoms with Gasteiger partial charge in [0.1, 0.15) is 0 Å². The van der Waals surface area contributed by atoms with Crippen LogP contribution in [0.2, 0.25) is 0 Å². The van der Waals surface area contributed by atoms with Crippen LogP contribution in [0.5, 0.6) is 0 Å². The molecule has 0 bridgehead atoms. The molecule has 0 aromatic carbocycles. The minimum absolute atomic E-state index is 0.0109. The molecule has 7 nitrogen and oxygen atoms in total. The average Bonchev–Trinajstić information content (AvgIpc) is 2.81. The fourth-order valence-electron chi connectivity index (χ4n) is 1.81. The quantitative estimate of drug-likeness (QED) is 0.720. The molecule has 1 aliphatic rings. The number of fused-ring (bicyclic) bond motifs is 3. The van der Waals surface area contributed by atoms with Gasteiger partial charge in [-0.05, 0) is 6.42 Å². The second kappa shape index (κ2) is 2.84. The van der Waals surface area contributed by atoms with Gasteiger partial charge in [0.2, 0.25) is 0 Å². The molecule has 80 valence electrons. The van der Waals surface area contributed by atoms with Gasteiger partial charge in [-0.25, -0.2) is 9.78 Å². The number of hydrogen-bond acceptors (Lipinski definition) is 5. The van der Waals surface area contributed by atoms with Crippen LogP contribution in [-0.4, -0.2) is 36.4 Å². The molecule has 2 heterocycles. The lowest BCUT2D eigenvalue weighted by Gasteiger charge is -1.97. The van der Waals surface area contributed by atoms with Gasteiger partial charge in [0.25, 0.3) is 11.6 Å². The molecule has 0 spiro atoms. The third-order valence-corrected chi connectivity index (χ3v) is 2.55. The first kappa shape index (κ1) is 8.96. The molecule has 0 unspecified atom stereocenters. The number of aromatic nitrogens is 4. The Morgan fingerprint density at radius 3 is 3.00 bits per heavy atom. The molecule has 0 amide bonds. The van der Waals surface area contributed by atoms with Crippen LogP contribution in [0.1, 0.15) is 33.1 Å². The first-order chi connectivity index (χ1) is 7.66. The lowest BCUT2D eigenvalue weighted by molar-refractivity contribution is 0.0683. The van der Waals surface area contributed by atoms with Gasteiger partial charge >= 0.3 is 5.97 Å². The van der Waals surface area contributed by atoms with Crippen LogP contribution in [0.25, 0.3) is 5.78 Å². The third kappa shape index (κ3) is 1.05. The molecule has 1 aliphatic carbocycles. The molecule has 7 heteroatoms. The zero-order valence-electron chi connectivity index (χ0n) is 8.04. The minimum Gasteiger partial charge on any atom is -0.475 e. The van der Waals surface area contributed by atoms with Crippen molar-refractivity contribution in [2.75, 3.05) is 0 Å². The highest BCUT2D eigenvalue weighted by atomic mass is 16.4. The van der Waals surface area contributed by atoms with Gasteiger partial charge < -0.3 is 5.11 Å². The third-order valence-electron chi connectivity index (χ3n) is 2.55. The molecular weight excluding hydrogens is 212 g/mol. The summed E-state index contributed by atoms with van der Waals surface area (Å²) in [6, 6.07) is 0. The average molecular weight is 218 g/mol. The number of Topliss-reactive ketones (excluding diaryl/α,β-unsaturated/α-hetero) is 1. The first-order valence-corrected chi connectivity index (χ1v) is 4.68. The van der Waals surface area contributed by atoms with Gasteiger partial charge in [0.05, 0.1) is 11.3 Å². The Hall–Kier alpha value is -2.31. The van der Waals surface area contributed by atoms with Crippen molar-refractivity contribution in [2.24, 2.45) is 0 Å². The fraction of sp³-hybridized carbons (Fsp3) is 0.222. The maximum atomic E-state index is 11.4. The number of nitrogens with zero attached hydrogens (tertiary/aromatic N) is 4. The van der Waals surface area contributed by atoms with E-state index >= 15 is 0 Å². The number of carboxylic acid groups (broad SMARTS) is 1. The normalized spacial score (nSPS) is 14.4. The Labute approximate surface area is 88.7 Å². The summed E-state index contributed by atoms with van der Waals surface area (Å²) in [5, 5.41) is 12.6. The molecule has 1 N–H and O–H groups in total. The van der Waals surface area contributed by atoms with Crippen molar-refractivity contribution in [3.05, 3.63) is 23.3 Å². The Morgan fingerprint density at radius 2 is 2.25 bits per heavy atom. The van der Waals surface area contributed by atoms with E-state index in [-0.39, 0.29) is 17.4 Å². The predicted octanol–water partition coefficient (Wildman–Crippen LogP) is -0.0486. The predicted molar refractivity (Wildman–Crippen MR) is 50.4 cm³/mol. The van der Waals surface area contributed by atoms with Crippen LogP contribution in [0.15, 0.2) is 6.20 Å². The van der Waals surface area contributed by atoms with Gasteiger partial charge in [-0.3, -0.25) is 4.79 Å². The molecule has 0 fully saturated rings. The highest BCUT2D eigenvalue weighted by Crippen LogP contribution is 2.20. The molecule has 0 saturated heterocycles. The van der Waals surface area contributed by atoms with Crippen molar-refractivity contribution in [3.63, 3.8) is 0 Å². The van der Waals surface area contributed by atoms with E-state index in [1.807, 2.05) is 0 Å². The van der Waals surface area contributed by atoms with Crippen LogP contribution in [0.3, 0.4) is 0 Å². The summed E-state index contributed by atoms with van der Waals surface area (Å²) in [7, 11) is 0. The standard InChI is InChI=1S/C9H6N4O3/c14-6-2-1-5-4(6)3-10-9-11-7(8(15)16)12-13(5)9/h3H,1-2H2,(H,15,16). The number of aryl methyl sites for hydroxylation is 1. The summed E-state index contributed by atoms with van der Waals surface area (Å²) in [5.74, 6) is -1.29. The number of ketones is 1. The summed E-state index contributed by atoms with van der Waals surface area (Å²) in [6.45, 7) is 0. The molecule has 2 aromatic heterocycles. The van der Waals surface area contributed by atoms with E-state index in [0.29, 0.717) is 24.1 Å². The number of hydrogen-bond donors (Lipinski definition) is 1. The second-order valence-electron chi connectivity index (χ2n) is 3.49. The van der Waals surface area contributed by atoms with E-state index in [4.69, 9.17) is 5.11 Å². The number of aromatic carboxylic acids is 1. The summed E-state index contributed by atoms with van der Waals surface area (Å²) >= 11 is 0. The maximum Gasteiger partial charge on any atom is 0.375 e. The van der Waals surface area contributed by atoms with Gasteiger partial charge in [-0.15, -0.1) is 5.10 Å². The van der Waals surface area contributed by atoms with Crippen LogP contribution in [0.4, 0.5) is 0 Å². The highest BCUT2D eigenvalue weighted by Gasteiger charge is 2.24. The minimum atomic E-state index is -1.21. The molecule has 2 aromatic rings. The molecule has 16 heavy (non-hydrogen) atoms. The number of carbonyl (C=O) groups excluding carboxylic acids is 1. The van der Waals surface area contributed by atoms with Gasteiger partial charge in [-0.1, -0.05) is 0 Å². The van der Waals surface area contributed by atoms with E-state index in [1.54, 1.807) is 0 Å². The molecule has 0 saturated carbocycles. The Balaban J connectivity index is 2.33. The van der Waals surface area contributed by atoms with E-state index in [1.165, 1.54) is 10.7 Å². The van der Waals surface area contributed by atoms with E-state index < -0.39 is 5.97 Å². The number of carboxylic acids is 1. The molecular formula is C9H6N4O3. The van der Waals surface area contributed by atoms with Crippen LogP contribution in [0, 0.1) is 0 Å². The summed E-state index contributed by atoms with van der Waals surface area (Å²) in [6.07, 6.45) is 2.40. The zero-order chi connectivity index (χ0) is 11.3. The van der Waals surface area contributed by atoms with Crippen molar-refractivity contribution in [2.45, 2.75) is 12.8 Å². The van der Waals surface area contributed by atoms with E-state index in [2.05, 4.69) is 15.1 Å². The van der Waals surface area contributed by atoms with Gasteiger partial charge in [0, 0.05) is 12.6 Å². The second-order valence-corrected chi connectivity index (χ2v) is 3.49. The first-order valence-electron chi connectivity index (χ1n) is 4.68. The van der Waals surface area contributed by atoms with Crippen LogP contribution in [-0.2, 0) is 6.42 Å². The summed E-state index contributed by atoms with van der Waals surface area (Å²) in [4.78, 5) is 29.8. The lowest BCUT2D eigenvalue weighted by Crippen LogP contribution is -2.03. The zero-order valence-corrected chi connectivity index (χ0v) is 8.04. The van der Waals surface area contributed by atoms with Gasteiger partial charge in [-0.2, -0.15) is 9.50 Å². The Kier molecular flexibility index (Phi) is 1.59. The number of rotatable bonds is 1. The van der Waals surface area contributed by atoms with Crippen molar-refractivity contribution in [1.29, 1.82) is 0 Å². The molecule has 0 radical (unpaired) electrons. The summed E-state index contributed by atoms with van der Waals surface area (Å²) in [5.41, 5.74) is 1.20. The summed E-state index contributed by atoms with van der Waals surface area (Å²) < 4.78 is 1.34. The van der Waals surface area contributed by atoms with Crippen molar-refractivity contribution >= 4 is 17.5 Å². The number of carbonyl (C=O) groups is 2. The fourth-order valence-corrected chi connectivity index (χ4v) is 1.81. The SMILES string of the molecule is O=C(O)c1nc2ncc3c(n2n1)CCC3=O. The van der Waals surface area contributed by atoms with Gasteiger partial charge in [0.15, 0.2) is 5.78 Å². The molecule has 0 aliphatic heterocycles. The smallest absolute Gasteiger partial charge is 0.375 e. The largest absolute Gasteiger partial charge is 0.475 e. The van der Waals surface area contributed by atoms with E-state index in [9.17, 15) is 9.59 Å². The Morgan fingerprint density at radius 1 is 1.44 bits per heavy atom. The van der Waals surface area contributed by atoms with Crippen molar-refractivity contribution in [1.82, 2.24) is 19.6 Å². The van der Waals surface area contributed by atoms with Crippen LogP contribution < -0.4 is 0 Å². The molecule has 3 rings (SSSR count). The van der Waals surface area contributed by atoms with E-state index in [0.717, 1.165) is 0 Å². The maximum absolute atomic E-state index is 11.4. The Bertz CT molecular complexity index is 631.